The van der Waals surface area contributed by atoms with Crippen LogP contribution in [0.15, 0.2) is 53.4 Å². The molecule has 0 aliphatic carbocycles. The van der Waals surface area contributed by atoms with Gasteiger partial charge in [0.1, 0.15) is 17.3 Å². The van der Waals surface area contributed by atoms with E-state index in [0.717, 1.165) is 33.5 Å². The third-order valence-electron chi connectivity index (χ3n) is 4.15. The lowest BCUT2D eigenvalue weighted by atomic mass is 10.1. The number of hydrogen-bond donors (Lipinski definition) is 2. The monoisotopic (exact) mass is 392 g/mol. The zero-order chi connectivity index (χ0) is 19.5. The van der Waals surface area contributed by atoms with Crippen LogP contribution >= 0.6 is 11.3 Å². The summed E-state index contributed by atoms with van der Waals surface area (Å²) >= 11 is 1.58. The SMILES string of the molecule is CC(C)Oc1ccc2[nH]nc(-c3ccnc(NC(=O)Cc4ccsc4)c3)c2c1. The van der Waals surface area contributed by atoms with Gasteiger partial charge in [-0.15, -0.1) is 0 Å². The third kappa shape index (κ3) is 4.04. The van der Waals surface area contributed by atoms with Crippen molar-refractivity contribution in [2.75, 3.05) is 5.32 Å². The summed E-state index contributed by atoms with van der Waals surface area (Å²) in [4.78, 5) is 16.5. The van der Waals surface area contributed by atoms with Gasteiger partial charge < -0.3 is 10.1 Å². The standard InChI is InChI=1S/C21H20N4O2S/c1-13(2)27-16-3-4-18-17(11-16)21(25-24-18)15-5-7-22-19(10-15)23-20(26)9-14-6-8-28-12-14/h3-8,10-13H,9H2,1-2H3,(H,24,25)(H,22,23,26). The summed E-state index contributed by atoms with van der Waals surface area (Å²) < 4.78 is 5.80. The average molecular weight is 392 g/mol. The molecule has 28 heavy (non-hydrogen) atoms. The summed E-state index contributed by atoms with van der Waals surface area (Å²) in [5.41, 5.74) is 3.58. The molecule has 0 unspecified atom stereocenters. The van der Waals surface area contributed by atoms with Crippen molar-refractivity contribution < 1.29 is 9.53 Å². The van der Waals surface area contributed by atoms with Crippen LogP contribution in [-0.2, 0) is 11.2 Å². The molecular weight excluding hydrogens is 372 g/mol. The lowest BCUT2D eigenvalue weighted by molar-refractivity contribution is -0.115. The van der Waals surface area contributed by atoms with E-state index in [1.54, 1.807) is 17.5 Å². The number of nitrogens with one attached hydrogen (secondary N) is 2. The zero-order valence-corrected chi connectivity index (χ0v) is 16.4. The number of carbonyl (C=O) groups excluding carboxylic acids is 1. The highest BCUT2D eigenvalue weighted by Gasteiger charge is 2.12. The van der Waals surface area contributed by atoms with Gasteiger partial charge >= 0.3 is 0 Å². The summed E-state index contributed by atoms with van der Waals surface area (Å²) in [6.45, 7) is 3.99. The summed E-state index contributed by atoms with van der Waals surface area (Å²) in [7, 11) is 0. The van der Waals surface area contributed by atoms with Gasteiger partial charge in [-0.2, -0.15) is 16.4 Å². The Bertz CT molecular complexity index is 1100. The molecule has 4 rings (SSSR count). The molecule has 2 N–H and O–H groups in total. The number of pyridine rings is 1. The number of ether oxygens (including phenoxy) is 1. The van der Waals surface area contributed by atoms with Crippen LogP contribution < -0.4 is 10.1 Å². The van der Waals surface area contributed by atoms with Gasteiger partial charge in [0.2, 0.25) is 5.91 Å². The van der Waals surface area contributed by atoms with E-state index in [9.17, 15) is 4.79 Å². The number of nitrogens with zero attached hydrogens (tertiary/aromatic N) is 2. The summed E-state index contributed by atoms with van der Waals surface area (Å²) in [6.07, 6.45) is 2.10. The van der Waals surface area contributed by atoms with E-state index >= 15 is 0 Å². The molecule has 142 valence electrons. The van der Waals surface area contributed by atoms with Crippen molar-refractivity contribution in [1.29, 1.82) is 0 Å². The highest BCUT2D eigenvalue weighted by Crippen LogP contribution is 2.30. The zero-order valence-electron chi connectivity index (χ0n) is 15.6. The molecule has 0 fully saturated rings. The average Bonchev–Trinajstić information content (AvgIpc) is 3.30. The maximum absolute atomic E-state index is 12.3. The van der Waals surface area contributed by atoms with Crippen molar-refractivity contribution in [3.05, 3.63) is 58.9 Å². The van der Waals surface area contributed by atoms with Crippen LogP contribution in [0, 0.1) is 0 Å². The van der Waals surface area contributed by atoms with Gasteiger partial charge in [0.15, 0.2) is 0 Å². The number of hydrogen-bond acceptors (Lipinski definition) is 5. The number of aromatic amines is 1. The van der Waals surface area contributed by atoms with E-state index in [1.165, 1.54) is 0 Å². The lowest BCUT2D eigenvalue weighted by Crippen LogP contribution is -2.14. The van der Waals surface area contributed by atoms with Crippen molar-refractivity contribution in [3.63, 3.8) is 0 Å². The number of amides is 1. The minimum atomic E-state index is -0.0949. The molecule has 3 heterocycles. The van der Waals surface area contributed by atoms with Gasteiger partial charge in [0, 0.05) is 17.1 Å². The topological polar surface area (TPSA) is 79.9 Å². The number of rotatable bonds is 6. The predicted molar refractivity (Wildman–Crippen MR) is 112 cm³/mol. The first-order valence-corrected chi connectivity index (χ1v) is 9.95. The molecule has 1 aromatic carbocycles. The van der Waals surface area contributed by atoms with E-state index < -0.39 is 0 Å². The first kappa shape index (κ1) is 18.2. The number of anilines is 1. The second-order valence-corrected chi connectivity index (χ2v) is 7.51. The molecule has 3 aromatic heterocycles. The molecule has 7 heteroatoms. The van der Waals surface area contributed by atoms with E-state index in [2.05, 4.69) is 20.5 Å². The van der Waals surface area contributed by atoms with Crippen LogP contribution in [0.3, 0.4) is 0 Å². The van der Waals surface area contributed by atoms with E-state index in [-0.39, 0.29) is 12.0 Å². The Kier molecular flexibility index (Phi) is 5.08. The van der Waals surface area contributed by atoms with Crippen molar-refractivity contribution in [2.24, 2.45) is 0 Å². The molecule has 1 amide bonds. The highest BCUT2D eigenvalue weighted by molar-refractivity contribution is 7.08. The minimum absolute atomic E-state index is 0.0949. The fraction of sp³-hybridized carbons (Fsp3) is 0.190. The van der Waals surface area contributed by atoms with Crippen molar-refractivity contribution in [2.45, 2.75) is 26.4 Å². The number of fused-ring (bicyclic) bond motifs is 1. The van der Waals surface area contributed by atoms with Crippen molar-refractivity contribution >= 4 is 34.0 Å². The molecule has 0 saturated heterocycles. The molecule has 6 nitrogen and oxygen atoms in total. The molecule has 0 saturated carbocycles. The van der Waals surface area contributed by atoms with Crippen LogP contribution in [0.25, 0.3) is 22.2 Å². The summed E-state index contributed by atoms with van der Waals surface area (Å²) in [6, 6.07) is 11.5. The van der Waals surface area contributed by atoms with Crippen LogP contribution in [-0.4, -0.2) is 27.2 Å². The summed E-state index contributed by atoms with van der Waals surface area (Å²) in [5.74, 6) is 1.20. The van der Waals surface area contributed by atoms with Gasteiger partial charge in [-0.05, 0) is 66.6 Å². The first-order chi connectivity index (χ1) is 13.6. The molecule has 0 bridgehead atoms. The lowest BCUT2D eigenvalue weighted by Gasteiger charge is -2.09. The molecule has 0 atom stereocenters. The first-order valence-electron chi connectivity index (χ1n) is 9.00. The predicted octanol–water partition coefficient (Wildman–Crippen LogP) is 4.65. The Balaban J connectivity index is 1.59. The van der Waals surface area contributed by atoms with E-state index in [1.807, 2.05) is 61.0 Å². The largest absolute Gasteiger partial charge is 0.491 e. The number of benzene rings is 1. The molecule has 4 aromatic rings. The maximum Gasteiger partial charge on any atom is 0.229 e. The van der Waals surface area contributed by atoms with E-state index in [4.69, 9.17) is 4.74 Å². The molecule has 0 aliphatic rings. The van der Waals surface area contributed by atoms with Crippen molar-refractivity contribution in [1.82, 2.24) is 15.2 Å². The van der Waals surface area contributed by atoms with Gasteiger partial charge in [-0.3, -0.25) is 9.89 Å². The second-order valence-electron chi connectivity index (χ2n) is 6.73. The maximum atomic E-state index is 12.3. The van der Waals surface area contributed by atoms with Gasteiger partial charge in [0.05, 0.1) is 18.0 Å². The Hall–Kier alpha value is -3.19. The summed E-state index contributed by atoms with van der Waals surface area (Å²) in [5, 5.41) is 15.2. The van der Waals surface area contributed by atoms with Crippen LogP contribution in [0.1, 0.15) is 19.4 Å². The molecule has 0 aliphatic heterocycles. The number of thiophene rings is 1. The Morgan fingerprint density at radius 3 is 2.93 bits per heavy atom. The molecule has 0 radical (unpaired) electrons. The molecular formula is C21H20N4O2S. The normalized spacial score (nSPS) is 11.1. The van der Waals surface area contributed by atoms with Gasteiger partial charge in [-0.1, -0.05) is 0 Å². The Labute approximate surface area is 166 Å². The Morgan fingerprint density at radius 1 is 1.25 bits per heavy atom. The number of carbonyl (C=O) groups is 1. The van der Waals surface area contributed by atoms with Crippen LogP contribution in [0.5, 0.6) is 5.75 Å². The highest BCUT2D eigenvalue weighted by atomic mass is 32.1. The van der Waals surface area contributed by atoms with E-state index in [0.29, 0.717) is 12.2 Å². The van der Waals surface area contributed by atoms with Crippen molar-refractivity contribution in [3.8, 4) is 17.0 Å². The smallest absolute Gasteiger partial charge is 0.229 e. The second kappa shape index (κ2) is 7.82. The quantitative estimate of drug-likeness (QED) is 0.500. The van der Waals surface area contributed by atoms with Crippen LogP contribution in [0.2, 0.25) is 0 Å². The Morgan fingerprint density at radius 2 is 2.14 bits per heavy atom. The minimum Gasteiger partial charge on any atom is -0.491 e. The fourth-order valence-corrected chi connectivity index (χ4v) is 3.64. The molecule has 0 spiro atoms. The van der Waals surface area contributed by atoms with Gasteiger partial charge in [0.25, 0.3) is 0 Å². The fourth-order valence-electron chi connectivity index (χ4n) is 2.97. The van der Waals surface area contributed by atoms with Crippen LogP contribution in [0.4, 0.5) is 5.82 Å². The number of H-pyrrole nitrogens is 1. The number of aromatic nitrogens is 3. The third-order valence-corrected chi connectivity index (χ3v) is 4.88. The van der Waals surface area contributed by atoms with Gasteiger partial charge in [-0.25, -0.2) is 4.98 Å².